The standard InChI is InChI=1S/C12H16ClN3O3/c1-3-7-14-12(17)8(2)15-11-9(13)5-4-6-10(11)16(18)19/h4-6,8,15H,3,7H2,1-2H3,(H,14,17). The number of nitrogens with zero attached hydrogens (tertiary/aromatic N) is 1. The number of nitrogens with one attached hydrogen (secondary N) is 2. The Kier molecular flexibility index (Phi) is 5.57. The molecule has 1 atom stereocenters. The highest BCUT2D eigenvalue weighted by atomic mass is 35.5. The minimum atomic E-state index is -0.606. The van der Waals surface area contributed by atoms with Gasteiger partial charge in [-0.05, 0) is 19.4 Å². The Balaban J connectivity index is 2.87. The smallest absolute Gasteiger partial charge is 0.293 e. The van der Waals surface area contributed by atoms with Crippen LogP contribution in [-0.4, -0.2) is 23.4 Å². The van der Waals surface area contributed by atoms with Crippen molar-refractivity contribution in [2.24, 2.45) is 0 Å². The van der Waals surface area contributed by atoms with E-state index in [0.717, 1.165) is 6.42 Å². The minimum absolute atomic E-state index is 0.150. The molecule has 104 valence electrons. The van der Waals surface area contributed by atoms with Crippen LogP contribution in [0.25, 0.3) is 0 Å². The van der Waals surface area contributed by atoms with Gasteiger partial charge < -0.3 is 10.6 Å². The number of hydrogen-bond acceptors (Lipinski definition) is 4. The van der Waals surface area contributed by atoms with Gasteiger partial charge in [0.15, 0.2) is 0 Å². The second-order valence-corrected chi connectivity index (χ2v) is 4.46. The van der Waals surface area contributed by atoms with Gasteiger partial charge in [-0.3, -0.25) is 14.9 Å². The fourth-order valence-corrected chi connectivity index (χ4v) is 1.72. The van der Waals surface area contributed by atoms with Crippen LogP contribution in [0.1, 0.15) is 20.3 Å². The topological polar surface area (TPSA) is 84.3 Å². The lowest BCUT2D eigenvalue weighted by Crippen LogP contribution is -2.38. The van der Waals surface area contributed by atoms with E-state index in [4.69, 9.17) is 11.6 Å². The fraction of sp³-hybridized carbons (Fsp3) is 0.417. The van der Waals surface area contributed by atoms with Crippen LogP contribution in [0.4, 0.5) is 11.4 Å². The highest BCUT2D eigenvalue weighted by Gasteiger charge is 2.20. The number of nitro benzene ring substituents is 1. The van der Waals surface area contributed by atoms with Crippen molar-refractivity contribution in [2.75, 3.05) is 11.9 Å². The molecule has 0 aliphatic rings. The summed E-state index contributed by atoms with van der Waals surface area (Å²) in [5.41, 5.74) is 0.0101. The number of carbonyl (C=O) groups excluding carboxylic acids is 1. The zero-order chi connectivity index (χ0) is 14.4. The zero-order valence-corrected chi connectivity index (χ0v) is 11.5. The second-order valence-electron chi connectivity index (χ2n) is 4.05. The molecule has 0 aromatic heterocycles. The van der Waals surface area contributed by atoms with Crippen LogP contribution in [0.15, 0.2) is 18.2 Å². The van der Waals surface area contributed by atoms with Crippen molar-refractivity contribution in [3.05, 3.63) is 33.3 Å². The van der Waals surface area contributed by atoms with Gasteiger partial charge in [0.25, 0.3) is 5.69 Å². The van der Waals surface area contributed by atoms with E-state index in [1.54, 1.807) is 6.92 Å². The summed E-state index contributed by atoms with van der Waals surface area (Å²) in [4.78, 5) is 22.1. The molecular weight excluding hydrogens is 270 g/mol. The maximum atomic E-state index is 11.7. The molecule has 0 aliphatic heterocycles. The lowest BCUT2D eigenvalue weighted by Gasteiger charge is -2.15. The van der Waals surface area contributed by atoms with Crippen molar-refractivity contribution in [2.45, 2.75) is 26.3 Å². The van der Waals surface area contributed by atoms with Gasteiger partial charge in [-0.25, -0.2) is 0 Å². The maximum absolute atomic E-state index is 11.7. The van der Waals surface area contributed by atoms with Gasteiger partial charge in [-0.2, -0.15) is 0 Å². The quantitative estimate of drug-likeness (QED) is 0.621. The van der Waals surface area contributed by atoms with Gasteiger partial charge in [-0.1, -0.05) is 24.6 Å². The maximum Gasteiger partial charge on any atom is 0.293 e. The van der Waals surface area contributed by atoms with E-state index < -0.39 is 11.0 Å². The molecule has 0 saturated carbocycles. The van der Waals surface area contributed by atoms with Crippen molar-refractivity contribution in [1.82, 2.24) is 5.32 Å². The first kappa shape index (κ1) is 15.2. The van der Waals surface area contributed by atoms with E-state index in [1.165, 1.54) is 18.2 Å². The van der Waals surface area contributed by atoms with Crippen LogP contribution in [0.5, 0.6) is 0 Å². The Hall–Kier alpha value is -1.82. The Labute approximate surface area is 116 Å². The number of benzene rings is 1. The summed E-state index contributed by atoms with van der Waals surface area (Å²) in [7, 11) is 0. The molecule has 2 N–H and O–H groups in total. The van der Waals surface area contributed by atoms with Gasteiger partial charge in [0.2, 0.25) is 5.91 Å². The molecule has 1 unspecified atom stereocenters. The molecule has 0 spiro atoms. The molecule has 0 aliphatic carbocycles. The van der Waals surface area contributed by atoms with Crippen molar-refractivity contribution < 1.29 is 9.72 Å². The van der Waals surface area contributed by atoms with Crippen molar-refractivity contribution in [1.29, 1.82) is 0 Å². The third-order valence-corrected chi connectivity index (χ3v) is 2.81. The molecule has 1 aromatic carbocycles. The Morgan fingerprint density at radius 2 is 2.21 bits per heavy atom. The molecule has 6 nitrogen and oxygen atoms in total. The average molecular weight is 286 g/mol. The minimum Gasteiger partial charge on any atom is -0.367 e. The monoisotopic (exact) mass is 285 g/mol. The predicted molar refractivity (Wildman–Crippen MR) is 74.5 cm³/mol. The first-order valence-electron chi connectivity index (χ1n) is 5.94. The Bertz CT molecular complexity index is 479. The SMILES string of the molecule is CCCNC(=O)C(C)Nc1c(Cl)cccc1[N+](=O)[O-]. The van der Waals surface area contributed by atoms with Gasteiger partial charge >= 0.3 is 0 Å². The molecule has 19 heavy (non-hydrogen) atoms. The van der Waals surface area contributed by atoms with Gasteiger partial charge in [0.05, 0.1) is 9.95 Å². The molecule has 0 heterocycles. The van der Waals surface area contributed by atoms with Crippen LogP contribution in [0.2, 0.25) is 5.02 Å². The third-order valence-electron chi connectivity index (χ3n) is 2.49. The van der Waals surface area contributed by atoms with E-state index in [9.17, 15) is 14.9 Å². The average Bonchev–Trinajstić information content (AvgIpc) is 2.37. The van der Waals surface area contributed by atoms with Crippen LogP contribution < -0.4 is 10.6 Å². The summed E-state index contributed by atoms with van der Waals surface area (Å²) < 4.78 is 0. The zero-order valence-electron chi connectivity index (χ0n) is 10.8. The highest BCUT2D eigenvalue weighted by molar-refractivity contribution is 6.33. The lowest BCUT2D eigenvalue weighted by molar-refractivity contribution is -0.384. The first-order valence-corrected chi connectivity index (χ1v) is 6.32. The number of halogens is 1. The van der Waals surface area contributed by atoms with Gasteiger partial charge in [0.1, 0.15) is 11.7 Å². The van der Waals surface area contributed by atoms with E-state index in [1.807, 2.05) is 6.92 Å². The van der Waals surface area contributed by atoms with Crippen LogP contribution in [-0.2, 0) is 4.79 Å². The molecule has 0 fully saturated rings. The number of rotatable bonds is 6. The normalized spacial score (nSPS) is 11.7. The number of carbonyl (C=O) groups is 1. The largest absolute Gasteiger partial charge is 0.367 e. The van der Waals surface area contributed by atoms with E-state index in [0.29, 0.717) is 6.54 Å². The first-order chi connectivity index (χ1) is 8.97. The number of anilines is 1. The van der Waals surface area contributed by atoms with Gasteiger partial charge in [0, 0.05) is 12.6 Å². The van der Waals surface area contributed by atoms with Gasteiger partial charge in [-0.15, -0.1) is 0 Å². The summed E-state index contributed by atoms with van der Waals surface area (Å²) in [5.74, 6) is -0.226. The van der Waals surface area contributed by atoms with Crippen LogP contribution in [0, 0.1) is 10.1 Å². The van der Waals surface area contributed by atoms with E-state index >= 15 is 0 Å². The molecule has 0 radical (unpaired) electrons. The summed E-state index contributed by atoms with van der Waals surface area (Å²) in [6, 6.07) is 3.76. The number of amides is 1. The summed E-state index contributed by atoms with van der Waals surface area (Å²) >= 11 is 5.93. The summed E-state index contributed by atoms with van der Waals surface area (Å²) in [5, 5.41) is 16.6. The van der Waals surface area contributed by atoms with Crippen molar-refractivity contribution >= 4 is 28.9 Å². The molecule has 0 bridgehead atoms. The molecule has 1 rings (SSSR count). The Morgan fingerprint density at radius 1 is 1.53 bits per heavy atom. The Morgan fingerprint density at radius 3 is 2.79 bits per heavy atom. The number of hydrogen-bond donors (Lipinski definition) is 2. The number of para-hydroxylation sites is 1. The molecule has 0 saturated heterocycles. The van der Waals surface area contributed by atoms with E-state index in [2.05, 4.69) is 10.6 Å². The molecule has 7 heteroatoms. The van der Waals surface area contributed by atoms with E-state index in [-0.39, 0.29) is 22.3 Å². The van der Waals surface area contributed by atoms with Crippen molar-refractivity contribution in [3.8, 4) is 0 Å². The molecular formula is C12H16ClN3O3. The highest BCUT2D eigenvalue weighted by Crippen LogP contribution is 2.32. The molecule has 1 amide bonds. The third kappa shape index (κ3) is 4.10. The van der Waals surface area contributed by atoms with Crippen LogP contribution >= 0.6 is 11.6 Å². The molecule has 1 aromatic rings. The number of nitro groups is 1. The van der Waals surface area contributed by atoms with Crippen molar-refractivity contribution in [3.63, 3.8) is 0 Å². The summed E-state index contributed by atoms with van der Waals surface area (Å²) in [6.07, 6.45) is 0.824. The fourth-order valence-electron chi connectivity index (χ4n) is 1.49. The predicted octanol–water partition coefficient (Wildman–Crippen LogP) is 2.57. The summed E-state index contributed by atoms with van der Waals surface area (Å²) in [6.45, 7) is 4.13. The second kappa shape index (κ2) is 6.94. The lowest BCUT2D eigenvalue weighted by atomic mass is 10.2. The van der Waals surface area contributed by atoms with Crippen LogP contribution in [0.3, 0.4) is 0 Å².